The van der Waals surface area contributed by atoms with E-state index in [0.29, 0.717) is 16.4 Å². The smallest absolute Gasteiger partial charge is 0.274 e. The van der Waals surface area contributed by atoms with E-state index in [1.165, 1.54) is 0 Å². The second-order valence-electron chi connectivity index (χ2n) is 7.19. The lowest BCUT2D eigenvalue weighted by Crippen LogP contribution is -2.16. The van der Waals surface area contributed by atoms with Gasteiger partial charge in [-0.3, -0.25) is 4.79 Å². The Labute approximate surface area is 184 Å². The molecule has 0 spiro atoms. The van der Waals surface area contributed by atoms with Gasteiger partial charge in [-0.2, -0.15) is 5.10 Å². The second-order valence-corrected chi connectivity index (χ2v) is 7.62. The molecule has 0 aliphatic heterocycles. The summed E-state index contributed by atoms with van der Waals surface area (Å²) >= 11 is 5.96. The summed E-state index contributed by atoms with van der Waals surface area (Å²) in [5.41, 5.74) is 3.62. The van der Waals surface area contributed by atoms with Crippen LogP contribution >= 0.6 is 11.6 Å². The number of para-hydroxylation sites is 1. The van der Waals surface area contributed by atoms with Crippen molar-refractivity contribution in [3.8, 4) is 16.9 Å². The lowest BCUT2D eigenvalue weighted by atomic mass is 10.1. The van der Waals surface area contributed by atoms with Crippen molar-refractivity contribution in [2.24, 2.45) is 0 Å². The van der Waals surface area contributed by atoms with Crippen LogP contribution in [0.3, 0.4) is 0 Å². The van der Waals surface area contributed by atoms with Crippen molar-refractivity contribution in [3.63, 3.8) is 0 Å². The Morgan fingerprint density at radius 3 is 2.26 bits per heavy atom. The van der Waals surface area contributed by atoms with Crippen molar-refractivity contribution < 1.29 is 4.79 Å². The maximum Gasteiger partial charge on any atom is 0.274 e. The molecule has 0 aliphatic carbocycles. The molecular weight excluding hydrogens is 406 g/mol. The fraction of sp³-hybridized carbons (Fsp3) is 0. The number of aromatic nitrogens is 2. The highest BCUT2D eigenvalue weighted by atomic mass is 35.5. The molecule has 4 nitrogen and oxygen atoms in total. The summed E-state index contributed by atoms with van der Waals surface area (Å²) in [5.74, 6) is -0.245. The number of carbonyl (C=O) groups excluding carboxylic acids is 1. The van der Waals surface area contributed by atoms with Gasteiger partial charge < -0.3 is 5.32 Å². The molecular formula is C26H18ClN3O. The van der Waals surface area contributed by atoms with Crippen LogP contribution in [0.1, 0.15) is 10.5 Å². The van der Waals surface area contributed by atoms with Gasteiger partial charge in [0, 0.05) is 16.3 Å². The largest absolute Gasteiger partial charge is 0.321 e. The third-order valence-electron chi connectivity index (χ3n) is 5.09. The number of carbonyl (C=O) groups is 1. The summed E-state index contributed by atoms with van der Waals surface area (Å²) < 4.78 is 1.68. The molecule has 0 bridgehead atoms. The van der Waals surface area contributed by atoms with Gasteiger partial charge in [0.1, 0.15) is 5.69 Å². The zero-order chi connectivity index (χ0) is 21.2. The maximum absolute atomic E-state index is 13.1. The predicted molar refractivity (Wildman–Crippen MR) is 126 cm³/mol. The van der Waals surface area contributed by atoms with Crippen LogP contribution in [-0.2, 0) is 0 Å². The first-order valence-electron chi connectivity index (χ1n) is 9.89. The van der Waals surface area contributed by atoms with Crippen LogP contribution in [0.4, 0.5) is 5.69 Å². The Kier molecular flexibility index (Phi) is 4.98. The number of nitrogens with zero attached hydrogens (tertiary/aromatic N) is 2. The molecule has 0 saturated carbocycles. The number of amides is 1. The van der Waals surface area contributed by atoms with Gasteiger partial charge in [-0.25, -0.2) is 4.68 Å². The maximum atomic E-state index is 13.1. The monoisotopic (exact) mass is 423 g/mol. The molecule has 0 unspecified atom stereocenters. The van der Waals surface area contributed by atoms with Crippen LogP contribution in [0.5, 0.6) is 0 Å². The number of hydrogen-bond acceptors (Lipinski definition) is 2. The normalized spacial score (nSPS) is 10.9. The molecule has 5 rings (SSSR count). The first kappa shape index (κ1) is 19.1. The van der Waals surface area contributed by atoms with E-state index in [1.54, 1.807) is 28.9 Å². The van der Waals surface area contributed by atoms with Gasteiger partial charge in [-0.1, -0.05) is 66.2 Å². The van der Waals surface area contributed by atoms with Crippen LogP contribution < -0.4 is 5.32 Å². The van der Waals surface area contributed by atoms with Crippen LogP contribution in [0, 0.1) is 0 Å². The molecule has 150 valence electrons. The van der Waals surface area contributed by atoms with Gasteiger partial charge in [0.15, 0.2) is 0 Å². The van der Waals surface area contributed by atoms with Crippen molar-refractivity contribution >= 4 is 34.0 Å². The Hall–Kier alpha value is -3.89. The Morgan fingerprint density at radius 1 is 0.774 bits per heavy atom. The highest BCUT2D eigenvalue weighted by Crippen LogP contribution is 2.26. The van der Waals surface area contributed by atoms with E-state index in [4.69, 9.17) is 16.7 Å². The number of halogens is 1. The van der Waals surface area contributed by atoms with E-state index in [9.17, 15) is 4.79 Å². The first-order valence-corrected chi connectivity index (χ1v) is 10.3. The summed E-state index contributed by atoms with van der Waals surface area (Å²) in [7, 11) is 0. The molecule has 1 N–H and O–H groups in total. The fourth-order valence-electron chi connectivity index (χ4n) is 3.53. The van der Waals surface area contributed by atoms with Crippen molar-refractivity contribution in [3.05, 3.63) is 114 Å². The molecule has 5 aromatic rings. The topological polar surface area (TPSA) is 46.9 Å². The Balaban J connectivity index is 1.58. The fourth-order valence-corrected chi connectivity index (χ4v) is 3.65. The number of benzene rings is 4. The molecule has 0 atom stereocenters. The average Bonchev–Trinajstić information content (AvgIpc) is 3.27. The van der Waals surface area contributed by atoms with Crippen molar-refractivity contribution in [2.75, 3.05) is 5.32 Å². The molecule has 31 heavy (non-hydrogen) atoms. The number of fused-ring (bicyclic) bond motifs is 1. The molecule has 5 heteroatoms. The third-order valence-corrected chi connectivity index (χ3v) is 5.34. The minimum absolute atomic E-state index is 0.245. The van der Waals surface area contributed by atoms with Gasteiger partial charge in [0.05, 0.1) is 11.4 Å². The van der Waals surface area contributed by atoms with Crippen molar-refractivity contribution in [1.29, 1.82) is 0 Å². The summed E-state index contributed by atoms with van der Waals surface area (Å²) in [6.07, 6.45) is 0. The van der Waals surface area contributed by atoms with E-state index in [-0.39, 0.29) is 5.91 Å². The van der Waals surface area contributed by atoms with Gasteiger partial charge in [-0.15, -0.1) is 0 Å². The lowest BCUT2D eigenvalue weighted by molar-refractivity contribution is 0.101. The zero-order valence-corrected chi connectivity index (χ0v) is 17.3. The SMILES string of the molecule is O=C(Nc1ccc(Cl)cc1)c1cc(-c2ccc3ccccc3c2)nn1-c1ccccc1. The van der Waals surface area contributed by atoms with Crippen molar-refractivity contribution in [1.82, 2.24) is 9.78 Å². The van der Waals surface area contributed by atoms with Crippen LogP contribution in [0.15, 0.2) is 103 Å². The van der Waals surface area contributed by atoms with E-state index in [0.717, 1.165) is 27.7 Å². The van der Waals surface area contributed by atoms with Crippen LogP contribution in [0.2, 0.25) is 5.02 Å². The average molecular weight is 424 g/mol. The van der Waals surface area contributed by atoms with Crippen molar-refractivity contribution in [2.45, 2.75) is 0 Å². The molecule has 1 heterocycles. The highest BCUT2D eigenvalue weighted by molar-refractivity contribution is 6.30. The van der Waals surface area contributed by atoms with Gasteiger partial charge in [-0.05, 0) is 59.3 Å². The molecule has 1 amide bonds. The van der Waals surface area contributed by atoms with E-state index < -0.39 is 0 Å². The predicted octanol–water partition coefficient (Wildman–Crippen LogP) is 6.60. The van der Waals surface area contributed by atoms with Gasteiger partial charge >= 0.3 is 0 Å². The summed E-state index contributed by atoms with van der Waals surface area (Å²) in [5, 5.41) is 10.6. The molecule has 0 aliphatic rings. The standard InChI is InChI=1S/C26H18ClN3O/c27-21-12-14-22(15-13-21)28-26(31)25-17-24(29-30(25)23-8-2-1-3-9-23)20-11-10-18-6-4-5-7-19(18)16-20/h1-17H,(H,28,31). The van der Waals surface area contributed by atoms with E-state index >= 15 is 0 Å². The number of anilines is 1. The lowest BCUT2D eigenvalue weighted by Gasteiger charge is -2.08. The Morgan fingerprint density at radius 2 is 1.48 bits per heavy atom. The molecule has 4 aromatic carbocycles. The van der Waals surface area contributed by atoms with Crippen LogP contribution in [-0.4, -0.2) is 15.7 Å². The molecule has 0 radical (unpaired) electrons. The number of rotatable bonds is 4. The minimum atomic E-state index is -0.245. The molecule has 1 aromatic heterocycles. The Bertz CT molecular complexity index is 1380. The number of nitrogens with one attached hydrogen (secondary N) is 1. The minimum Gasteiger partial charge on any atom is -0.321 e. The zero-order valence-electron chi connectivity index (χ0n) is 16.5. The summed E-state index contributed by atoms with van der Waals surface area (Å²) in [6, 6.07) is 32.9. The highest BCUT2D eigenvalue weighted by Gasteiger charge is 2.18. The second kappa shape index (κ2) is 8.09. The number of hydrogen-bond donors (Lipinski definition) is 1. The quantitative estimate of drug-likeness (QED) is 0.354. The molecule has 0 fully saturated rings. The molecule has 0 saturated heterocycles. The van der Waals surface area contributed by atoms with E-state index in [1.807, 2.05) is 54.6 Å². The van der Waals surface area contributed by atoms with Gasteiger partial charge in [0.2, 0.25) is 0 Å². The van der Waals surface area contributed by atoms with E-state index in [2.05, 4.69) is 29.6 Å². The first-order chi connectivity index (χ1) is 15.2. The summed E-state index contributed by atoms with van der Waals surface area (Å²) in [4.78, 5) is 13.1. The summed E-state index contributed by atoms with van der Waals surface area (Å²) in [6.45, 7) is 0. The van der Waals surface area contributed by atoms with Gasteiger partial charge in [0.25, 0.3) is 5.91 Å². The van der Waals surface area contributed by atoms with Crippen LogP contribution in [0.25, 0.3) is 27.7 Å². The third kappa shape index (κ3) is 3.93.